The van der Waals surface area contributed by atoms with Crippen molar-refractivity contribution < 1.29 is 0 Å². The first-order valence-electron chi connectivity index (χ1n) is 5.33. The smallest absolute Gasteiger partial charge is 0.140 e. The Labute approximate surface area is 114 Å². The molecular formula is C13H11BrN4. The maximum atomic E-state index is 8.71. The molecule has 3 N–H and O–H groups in total. The first kappa shape index (κ1) is 12.4. The molecule has 1 heterocycles. The molecule has 18 heavy (non-hydrogen) atoms. The van der Waals surface area contributed by atoms with E-state index in [0.29, 0.717) is 17.8 Å². The third-order valence-corrected chi connectivity index (χ3v) is 3.01. The maximum Gasteiger partial charge on any atom is 0.140 e. The van der Waals surface area contributed by atoms with Gasteiger partial charge in [-0.1, -0.05) is 12.1 Å². The highest BCUT2D eigenvalue weighted by Crippen LogP contribution is 2.22. The topological polar surface area (TPSA) is 74.7 Å². The number of pyridine rings is 1. The summed E-state index contributed by atoms with van der Waals surface area (Å²) in [6.45, 7) is 0.640. The summed E-state index contributed by atoms with van der Waals surface area (Å²) >= 11 is 3.40. The fraction of sp³-hybridized carbons (Fsp3) is 0.0769. The second-order valence-electron chi connectivity index (χ2n) is 3.76. The molecule has 0 fully saturated rings. The summed E-state index contributed by atoms with van der Waals surface area (Å²) in [5.41, 5.74) is 7.97. The molecule has 90 valence electrons. The van der Waals surface area contributed by atoms with E-state index in [0.717, 1.165) is 15.9 Å². The summed E-state index contributed by atoms with van der Waals surface area (Å²) in [5.74, 6) is 0.744. The second kappa shape index (κ2) is 5.52. The van der Waals surface area contributed by atoms with E-state index in [1.165, 1.54) is 0 Å². The van der Waals surface area contributed by atoms with E-state index in [-0.39, 0.29) is 0 Å². The Morgan fingerprint density at radius 2 is 2.06 bits per heavy atom. The van der Waals surface area contributed by atoms with Crippen LogP contribution in [0.1, 0.15) is 11.1 Å². The normalized spacial score (nSPS) is 9.78. The van der Waals surface area contributed by atoms with Crippen LogP contribution in [0.3, 0.4) is 0 Å². The van der Waals surface area contributed by atoms with E-state index >= 15 is 0 Å². The molecule has 5 heteroatoms. The number of halogens is 1. The molecule has 0 radical (unpaired) electrons. The molecule has 0 spiro atoms. The monoisotopic (exact) mass is 302 g/mol. The van der Waals surface area contributed by atoms with Gasteiger partial charge in [0.05, 0.1) is 28.0 Å². The van der Waals surface area contributed by atoms with Gasteiger partial charge in [0, 0.05) is 6.54 Å². The fourth-order valence-corrected chi connectivity index (χ4v) is 1.97. The van der Waals surface area contributed by atoms with Crippen LogP contribution in [0.25, 0.3) is 0 Å². The van der Waals surface area contributed by atoms with Crippen molar-refractivity contribution in [1.29, 1.82) is 5.26 Å². The molecule has 0 saturated heterocycles. The van der Waals surface area contributed by atoms with Crippen LogP contribution in [0.5, 0.6) is 0 Å². The van der Waals surface area contributed by atoms with E-state index in [9.17, 15) is 0 Å². The summed E-state index contributed by atoms with van der Waals surface area (Å²) in [7, 11) is 0. The molecule has 4 nitrogen and oxygen atoms in total. The van der Waals surface area contributed by atoms with E-state index in [1.54, 1.807) is 24.4 Å². The predicted molar refractivity (Wildman–Crippen MR) is 74.8 cm³/mol. The zero-order chi connectivity index (χ0) is 13.0. The number of nitrogens with one attached hydrogen (secondary N) is 1. The first-order valence-corrected chi connectivity index (χ1v) is 6.12. The van der Waals surface area contributed by atoms with Crippen LogP contribution in [0.4, 0.5) is 11.5 Å². The van der Waals surface area contributed by atoms with Crippen LogP contribution in [0.2, 0.25) is 0 Å². The van der Waals surface area contributed by atoms with Gasteiger partial charge in [-0.05, 0) is 39.7 Å². The van der Waals surface area contributed by atoms with Gasteiger partial charge in [0.2, 0.25) is 0 Å². The fourth-order valence-electron chi connectivity index (χ4n) is 1.47. The van der Waals surface area contributed by atoms with Crippen molar-refractivity contribution in [2.45, 2.75) is 6.54 Å². The molecule has 0 amide bonds. The number of hydrogen-bond acceptors (Lipinski definition) is 4. The lowest BCUT2D eigenvalue weighted by atomic mass is 10.1. The number of nitriles is 1. The number of nitrogen functional groups attached to an aromatic ring is 1. The van der Waals surface area contributed by atoms with E-state index < -0.39 is 0 Å². The van der Waals surface area contributed by atoms with Crippen LogP contribution in [0, 0.1) is 11.3 Å². The molecule has 2 rings (SSSR count). The van der Waals surface area contributed by atoms with Crippen molar-refractivity contribution >= 4 is 27.4 Å². The molecule has 0 unspecified atom stereocenters. The average molecular weight is 303 g/mol. The quantitative estimate of drug-likeness (QED) is 0.914. The first-order chi connectivity index (χ1) is 8.69. The van der Waals surface area contributed by atoms with Crippen molar-refractivity contribution in [2.75, 3.05) is 11.1 Å². The van der Waals surface area contributed by atoms with E-state index in [4.69, 9.17) is 11.0 Å². The van der Waals surface area contributed by atoms with Gasteiger partial charge < -0.3 is 11.1 Å². The molecule has 0 bridgehead atoms. The lowest BCUT2D eigenvalue weighted by Gasteiger charge is -2.08. The SMILES string of the molecule is N#Cc1ccc(CNc2ncc(N)cc2Br)cc1. The molecule has 0 aliphatic carbocycles. The third kappa shape index (κ3) is 2.99. The zero-order valence-electron chi connectivity index (χ0n) is 9.52. The van der Waals surface area contributed by atoms with Crippen LogP contribution < -0.4 is 11.1 Å². The summed E-state index contributed by atoms with van der Waals surface area (Å²) in [5, 5.41) is 11.9. The van der Waals surface area contributed by atoms with Crippen molar-refractivity contribution in [3.8, 4) is 6.07 Å². The Hall–Kier alpha value is -2.06. The second-order valence-corrected chi connectivity index (χ2v) is 4.62. The number of hydrogen-bond donors (Lipinski definition) is 2. The highest BCUT2D eigenvalue weighted by Gasteiger charge is 2.01. The molecule has 0 saturated carbocycles. The number of aromatic nitrogens is 1. The number of anilines is 2. The van der Waals surface area contributed by atoms with Crippen LogP contribution >= 0.6 is 15.9 Å². The van der Waals surface area contributed by atoms with Crippen LogP contribution in [0.15, 0.2) is 41.0 Å². The molecule has 2 aromatic rings. The molecule has 0 aliphatic rings. The highest BCUT2D eigenvalue weighted by molar-refractivity contribution is 9.10. The third-order valence-electron chi connectivity index (χ3n) is 2.41. The van der Waals surface area contributed by atoms with Gasteiger partial charge in [-0.25, -0.2) is 4.98 Å². The van der Waals surface area contributed by atoms with Gasteiger partial charge in [-0.15, -0.1) is 0 Å². The van der Waals surface area contributed by atoms with Gasteiger partial charge in [0.1, 0.15) is 5.82 Å². The molecule has 0 atom stereocenters. The molecule has 1 aromatic heterocycles. The highest BCUT2D eigenvalue weighted by atomic mass is 79.9. The van der Waals surface area contributed by atoms with Crippen molar-refractivity contribution in [3.63, 3.8) is 0 Å². The Morgan fingerprint density at radius 1 is 1.33 bits per heavy atom. The maximum absolute atomic E-state index is 8.71. The Morgan fingerprint density at radius 3 is 2.67 bits per heavy atom. The van der Waals surface area contributed by atoms with Gasteiger partial charge >= 0.3 is 0 Å². The van der Waals surface area contributed by atoms with Gasteiger partial charge in [0.25, 0.3) is 0 Å². The van der Waals surface area contributed by atoms with Crippen molar-refractivity contribution in [3.05, 3.63) is 52.1 Å². The van der Waals surface area contributed by atoms with Crippen molar-refractivity contribution in [2.24, 2.45) is 0 Å². The van der Waals surface area contributed by atoms with E-state index in [2.05, 4.69) is 32.3 Å². The van der Waals surface area contributed by atoms with Gasteiger partial charge in [-0.2, -0.15) is 5.26 Å². The van der Waals surface area contributed by atoms with Crippen LogP contribution in [-0.4, -0.2) is 4.98 Å². The summed E-state index contributed by atoms with van der Waals surface area (Å²) in [6, 6.07) is 11.3. The standard InChI is InChI=1S/C13H11BrN4/c14-12-5-11(16)8-18-13(12)17-7-10-3-1-9(6-15)2-4-10/h1-5,8H,7,16H2,(H,17,18). The minimum Gasteiger partial charge on any atom is -0.397 e. The van der Waals surface area contributed by atoms with Gasteiger partial charge in [0.15, 0.2) is 0 Å². The Kier molecular flexibility index (Phi) is 3.80. The Balaban J connectivity index is 2.04. The van der Waals surface area contributed by atoms with Crippen LogP contribution in [-0.2, 0) is 6.54 Å². The number of nitrogens with two attached hydrogens (primary N) is 1. The molecule has 0 aliphatic heterocycles. The molecule has 1 aromatic carbocycles. The zero-order valence-corrected chi connectivity index (χ0v) is 11.1. The van der Waals surface area contributed by atoms with Crippen molar-refractivity contribution in [1.82, 2.24) is 4.98 Å². The predicted octanol–water partition coefficient (Wildman–Crippen LogP) is 2.91. The average Bonchev–Trinajstić information content (AvgIpc) is 2.38. The number of nitrogens with zero attached hydrogens (tertiary/aromatic N) is 2. The number of benzene rings is 1. The lowest BCUT2D eigenvalue weighted by molar-refractivity contribution is 1.10. The number of rotatable bonds is 3. The summed E-state index contributed by atoms with van der Waals surface area (Å²) < 4.78 is 0.830. The lowest BCUT2D eigenvalue weighted by Crippen LogP contribution is -2.02. The summed E-state index contributed by atoms with van der Waals surface area (Å²) in [6.07, 6.45) is 1.60. The summed E-state index contributed by atoms with van der Waals surface area (Å²) in [4.78, 5) is 4.19. The van der Waals surface area contributed by atoms with E-state index in [1.807, 2.05) is 12.1 Å². The molecular weight excluding hydrogens is 292 g/mol. The largest absolute Gasteiger partial charge is 0.397 e. The minimum atomic E-state index is 0.616. The Bertz CT molecular complexity index is 587. The minimum absolute atomic E-state index is 0.616. The van der Waals surface area contributed by atoms with Gasteiger partial charge in [-0.3, -0.25) is 0 Å².